The molecule has 0 saturated carbocycles. The smallest absolute Gasteiger partial charge is 0.333 e. The average Bonchev–Trinajstić information content (AvgIpc) is 2.03. The molecule has 0 aliphatic carbocycles. The van der Waals surface area contributed by atoms with Crippen LogP contribution in [-0.4, -0.2) is 37.8 Å². The number of hydrogen-bond donors (Lipinski definition) is 3. The van der Waals surface area contributed by atoms with Gasteiger partial charge in [-0.2, -0.15) is 0 Å². The fourth-order valence-corrected chi connectivity index (χ4v) is 0.253. The highest BCUT2D eigenvalue weighted by molar-refractivity contribution is 14.1. The maximum absolute atomic E-state index is 9.72. The second-order valence-corrected chi connectivity index (χ2v) is 3.22. The summed E-state index contributed by atoms with van der Waals surface area (Å²) in [7, 11) is 0. The van der Waals surface area contributed by atoms with Gasteiger partial charge in [-0.1, -0.05) is 29.5 Å². The molecule has 0 aliphatic rings. The van der Waals surface area contributed by atoms with Gasteiger partial charge in [0, 0.05) is 0 Å². The van der Waals surface area contributed by atoms with E-state index in [4.69, 9.17) is 15.3 Å². The molecule has 0 bridgehead atoms. The van der Waals surface area contributed by atoms with E-state index in [-0.39, 0.29) is 0 Å². The standard InChI is InChI=1S/C4H6O5.C3H7I/c5-2(4(8)9)1-3(6)7;1-2-3-4/h2,5H,1H2,(H,6,7)(H,8,9);2-3H2,1H3. The summed E-state index contributed by atoms with van der Waals surface area (Å²) in [6, 6.07) is 0. The van der Waals surface area contributed by atoms with Crippen molar-refractivity contribution in [1.82, 2.24) is 0 Å². The zero-order valence-corrected chi connectivity index (χ0v) is 9.39. The van der Waals surface area contributed by atoms with Crippen LogP contribution in [0.3, 0.4) is 0 Å². The molecule has 0 radical (unpaired) electrons. The van der Waals surface area contributed by atoms with Gasteiger partial charge in [0.15, 0.2) is 6.10 Å². The number of aliphatic hydroxyl groups is 1. The molecule has 1 unspecified atom stereocenters. The van der Waals surface area contributed by atoms with Gasteiger partial charge >= 0.3 is 11.9 Å². The first-order valence-electron chi connectivity index (χ1n) is 3.64. The van der Waals surface area contributed by atoms with Crippen molar-refractivity contribution >= 4 is 34.5 Å². The van der Waals surface area contributed by atoms with Gasteiger partial charge in [-0.25, -0.2) is 4.79 Å². The Bertz CT molecular complexity index is 157. The molecular weight excluding hydrogens is 291 g/mol. The van der Waals surface area contributed by atoms with E-state index in [2.05, 4.69) is 29.5 Å². The van der Waals surface area contributed by atoms with Crippen molar-refractivity contribution in [3.05, 3.63) is 0 Å². The monoisotopic (exact) mass is 304 g/mol. The van der Waals surface area contributed by atoms with Crippen LogP contribution in [0.25, 0.3) is 0 Å². The Morgan fingerprint density at radius 1 is 1.38 bits per heavy atom. The number of aliphatic hydroxyl groups excluding tert-OH is 1. The summed E-state index contributed by atoms with van der Waals surface area (Å²) < 4.78 is 1.29. The molecule has 78 valence electrons. The van der Waals surface area contributed by atoms with E-state index in [0.717, 1.165) is 0 Å². The van der Waals surface area contributed by atoms with Crippen LogP contribution >= 0.6 is 22.6 Å². The molecule has 0 amide bonds. The van der Waals surface area contributed by atoms with Crippen molar-refractivity contribution in [3.63, 3.8) is 0 Å². The number of aliphatic carboxylic acids is 2. The molecule has 0 fully saturated rings. The largest absolute Gasteiger partial charge is 0.481 e. The Hall–Kier alpha value is -0.370. The summed E-state index contributed by atoms with van der Waals surface area (Å²) in [6.45, 7) is 2.17. The fraction of sp³-hybridized carbons (Fsp3) is 0.714. The van der Waals surface area contributed by atoms with E-state index in [1.165, 1.54) is 10.8 Å². The van der Waals surface area contributed by atoms with Crippen molar-refractivity contribution in [3.8, 4) is 0 Å². The van der Waals surface area contributed by atoms with Crippen LogP contribution in [0.15, 0.2) is 0 Å². The third-order valence-electron chi connectivity index (χ3n) is 0.842. The molecule has 0 heterocycles. The predicted molar refractivity (Wildman–Crippen MR) is 55.1 cm³/mol. The molecule has 0 aromatic rings. The minimum absolute atomic E-state index is 0.755. The van der Waals surface area contributed by atoms with E-state index in [0.29, 0.717) is 0 Å². The lowest BCUT2D eigenvalue weighted by molar-refractivity contribution is -0.152. The highest BCUT2D eigenvalue weighted by Crippen LogP contribution is 1.89. The van der Waals surface area contributed by atoms with Crippen molar-refractivity contribution in [2.24, 2.45) is 0 Å². The van der Waals surface area contributed by atoms with Crippen molar-refractivity contribution in [2.45, 2.75) is 25.9 Å². The van der Waals surface area contributed by atoms with Gasteiger partial charge in [0.1, 0.15) is 0 Å². The zero-order valence-electron chi connectivity index (χ0n) is 7.23. The first kappa shape index (κ1) is 15.1. The van der Waals surface area contributed by atoms with Crippen LogP contribution in [0.4, 0.5) is 0 Å². The molecule has 0 aliphatic heterocycles. The lowest BCUT2D eigenvalue weighted by Crippen LogP contribution is -2.22. The third kappa shape index (κ3) is 14.5. The molecular formula is C7H13IO5. The second kappa shape index (κ2) is 9.72. The molecule has 1 atom stereocenters. The van der Waals surface area contributed by atoms with Crippen LogP contribution < -0.4 is 0 Å². The normalized spacial score (nSPS) is 11.0. The Morgan fingerprint density at radius 3 is 1.85 bits per heavy atom. The lowest BCUT2D eigenvalue weighted by atomic mass is 10.3. The van der Waals surface area contributed by atoms with Crippen molar-refractivity contribution in [1.29, 1.82) is 0 Å². The average molecular weight is 304 g/mol. The Morgan fingerprint density at radius 2 is 1.77 bits per heavy atom. The van der Waals surface area contributed by atoms with Gasteiger partial charge in [-0.05, 0) is 10.8 Å². The number of carbonyl (C=O) groups is 2. The number of rotatable bonds is 4. The highest BCUT2D eigenvalue weighted by atomic mass is 127. The Kier molecular flexibility index (Phi) is 11.3. The molecule has 13 heavy (non-hydrogen) atoms. The van der Waals surface area contributed by atoms with Crippen LogP contribution in [-0.2, 0) is 9.59 Å². The summed E-state index contributed by atoms with van der Waals surface area (Å²) >= 11 is 2.35. The van der Waals surface area contributed by atoms with Gasteiger partial charge < -0.3 is 15.3 Å². The zero-order chi connectivity index (χ0) is 10.9. The predicted octanol–water partition coefficient (Wildman–Crippen LogP) is 0.738. The van der Waals surface area contributed by atoms with Crippen LogP contribution in [0.2, 0.25) is 0 Å². The SMILES string of the molecule is CCCI.O=C(O)CC(O)C(=O)O. The maximum atomic E-state index is 9.72. The second-order valence-electron chi connectivity index (χ2n) is 2.14. The summed E-state index contributed by atoms with van der Waals surface area (Å²) in [4.78, 5) is 19.4. The number of hydrogen-bond acceptors (Lipinski definition) is 3. The molecule has 0 rings (SSSR count). The fourth-order valence-electron chi connectivity index (χ4n) is 0.253. The van der Waals surface area contributed by atoms with Gasteiger partial charge in [-0.15, -0.1) is 0 Å². The molecule has 5 nitrogen and oxygen atoms in total. The Balaban J connectivity index is 0. The van der Waals surface area contributed by atoms with Gasteiger partial charge in [0.2, 0.25) is 0 Å². The Labute approximate surface area is 89.9 Å². The van der Waals surface area contributed by atoms with E-state index in [1.807, 2.05) is 0 Å². The van der Waals surface area contributed by atoms with Crippen molar-refractivity contribution in [2.75, 3.05) is 4.43 Å². The quantitative estimate of drug-likeness (QED) is 0.526. The topological polar surface area (TPSA) is 94.8 Å². The van der Waals surface area contributed by atoms with Crippen LogP contribution in [0.1, 0.15) is 19.8 Å². The van der Waals surface area contributed by atoms with Crippen LogP contribution in [0, 0.1) is 0 Å². The van der Waals surface area contributed by atoms with E-state index in [1.54, 1.807) is 0 Å². The first-order valence-corrected chi connectivity index (χ1v) is 5.16. The minimum atomic E-state index is -1.79. The highest BCUT2D eigenvalue weighted by Gasteiger charge is 2.16. The van der Waals surface area contributed by atoms with Gasteiger partial charge in [0.05, 0.1) is 6.42 Å². The maximum Gasteiger partial charge on any atom is 0.333 e. The summed E-state index contributed by atoms with van der Waals surface area (Å²) in [5, 5.41) is 24.1. The van der Waals surface area contributed by atoms with E-state index in [9.17, 15) is 9.59 Å². The minimum Gasteiger partial charge on any atom is -0.481 e. The number of alkyl halides is 1. The summed E-state index contributed by atoms with van der Waals surface area (Å²) in [5.74, 6) is -2.85. The molecule has 0 aromatic heterocycles. The van der Waals surface area contributed by atoms with E-state index >= 15 is 0 Å². The molecule has 0 spiro atoms. The number of carboxylic acids is 2. The summed E-state index contributed by atoms with van der Waals surface area (Å²) in [5.41, 5.74) is 0. The number of halogens is 1. The third-order valence-corrected chi connectivity index (χ3v) is 1.92. The molecule has 0 saturated heterocycles. The summed E-state index contributed by atoms with van der Waals surface area (Å²) in [6.07, 6.45) is -1.24. The first-order chi connectivity index (χ1) is 5.95. The molecule has 0 aromatic carbocycles. The lowest BCUT2D eigenvalue weighted by Gasteiger charge is -1.97. The van der Waals surface area contributed by atoms with E-state index < -0.39 is 24.5 Å². The molecule has 6 heteroatoms. The van der Waals surface area contributed by atoms with Gasteiger partial charge in [-0.3, -0.25) is 4.79 Å². The number of carboxylic acid groups (broad SMARTS) is 2. The van der Waals surface area contributed by atoms with Gasteiger partial charge in [0.25, 0.3) is 0 Å². The van der Waals surface area contributed by atoms with Crippen molar-refractivity contribution < 1.29 is 24.9 Å². The molecule has 3 N–H and O–H groups in total. The van der Waals surface area contributed by atoms with Crippen LogP contribution in [0.5, 0.6) is 0 Å².